The highest BCUT2D eigenvalue weighted by Crippen LogP contribution is 2.33. The van der Waals surface area contributed by atoms with E-state index >= 15 is 0 Å². The van der Waals surface area contributed by atoms with Crippen LogP contribution in [0.1, 0.15) is 11.1 Å². The predicted octanol–water partition coefficient (Wildman–Crippen LogP) is 4.99. The minimum atomic E-state index is -0.0756. The van der Waals surface area contributed by atoms with E-state index in [1.54, 1.807) is 30.6 Å². The first-order chi connectivity index (χ1) is 12.6. The largest absolute Gasteiger partial charge is 0.353 e. The number of benzene rings is 2. The number of amides is 1. The van der Waals surface area contributed by atoms with Crippen LogP contribution in [0.25, 0.3) is 0 Å². The molecule has 26 heavy (non-hydrogen) atoms. The number of nitrogens with zero attached hydrogens (tertiary/aromatic N) is 1. The molecule has 0 aliphatic carbocycles. The number of para-hydroxylation sites is 2. The standard InChI is InChI=1S/C20H17Cl2N3O/c21-16-7-3-8-17(22)20(16)25-18-9-2-1-6-15(18)11-19(26)24-13-14-5-4-10-23-12-14/h1-10,12,25H,11,13H2,(H,24,26). The van der Waals surface area contributed by atoms with Crippen LogP contribution in [0.5, 0.6) is 0 Å². The van der Waals surface area contributed by atoms with Gasteiger partial charge in [0.05, 0.1) is 22.2 Å². The molecule has 3 rings (SSSR count). The Hall–Kier alpha value is -2.56. The molecule has 1 heterocycles. The van der Waals surface area contributed by atoms with Gasteiger partial charge in [0, 0.05) is 24.6 Å². The number of halogens is 2. The van der Waals surface area contributed by atoms with Gasteiger partial charge >= 0.3 is 0 Å². The Balaban J connectivity index is 1.70. The lowest BCUT2D eigenvalue weighted by Gasteiger charge is -2.14. The van der Waals surface area contributed by atoms with Crippen molar-refractivity contribution in [1.82, 2.24) is 10.3 Å². The monoisotopic (exact) mass is 385 g/mol. The minimum Gasteiger partial charge on any atom is -0.353 e. The molecule has 0 bridgehead atoms. The van der Waals surface area contributed by atoms with Gasteiger partial charge in [-0.2, -0.15) is 0 Å². The molecule has 0 atom stereocenters. The van der Waals surface area contributed by atoms with Gasteiger partial charge in [0.25, 0.3) is 0 Å². The van der Waals surface area contributed by atoms with E-state index in [9.17, 15) is 4.79 Å². The maximum atomic E-state index is 12.3. The van der Waals surface area contributed by atoms with Crippen LogP contribution in [0.15, 0.2) is 67.0 Å². The second-order valence-electron chi connectivity index (χ2n) is 5.69. The lowest BCUT2D eigenvalue weighted by molar-refractivity contribution is -0.120. The Morgan fingerprint density at radius 1 is 0.962 bits per heavy atom. The summed E-state index contributed by atoms with van der Waals surface area (Å²) >= 11 is 12.4. The van der Waals surface area contributed by atoms with Gasteiger partial charge in [-0.15, -0.1) is 0 Å². The molecule has 2 aromatic carbocycles. The van der Waals surface area contributed by atoms with Crippen molar-refractivity contribution < 1.29 is 4.79 Å². The first-order valence-electron chi connectivity index (χ1n) is 8.08. The molecule has 6 heteroatoms. The van der Waals surface area contributed by atoms with E-state index < -0.39 is 0 Å². The highest BCUT2D eigenvalue weighted by Gasteiger charge is 2.11. The van der Waals surface area contributed by atoms with E-state index in [1.165, 1.54) is 0 Å². The Morgan fingerprint density at radius 3 is 2.46 bits per heavy atom. The third-order valence-electron chi connectivity index (χ3n) is 3.80. The van der Waals surface area contributed by atoms with Gasteiger partial charge in [0.1, 0.15) is 0 Å². The van der Waals surface area contributed by atoms with Crippen molar-refractivity contribution >= 4 is 40.5 Å². The van der Waals surface area contributed by atoms with Crippen molar-refractivity contribution in [3.05, 3.63) is 88.2 Å². The Labute approximate surface area is 162 Å². The van der Waals surface area contributed by atoms with Gasteiger partial charge in [0.15, 0.2) is 0 Å². The van der Waals surface area contributed by atoms with Crippen LogP contribution in [0.4, 0.5) is 11.4 Å². The molecule has 0 radical (unpaired) electrons. The van der Waals surface area contributed by atoms with Crippen molar-refractivity contribution in [1.29, 1.82) is 0 Å². The first kappa shape index (κ1) is 18.2. The summed E-state index contributed by atoms with van der Waals surface area (Å²) in [6.45, 7) is 0.443. The number of carbonyl (C=O) groups is 1. The summed E-state index contributed by atoms with van der Waals surface area (Å²) in [6.07, 6.45) is 3.67. The zero-order valence-electron chi connectivity index (χ0n) is 13.9. The number of pyridine rings is 1. The zero-order valence-corrected chi connectivity index (χ0v) is 15.4. The molecule has 1 aromatic heterocycles. The number of aromatic nitrogens is 1. The Bertz CT molecular complexity index is 880. The van der Waals surface area contributed by atoms with Crippen LogP contribution in [0.3, 0.4) is 0 Å². The molecule has 0 saturated carbocycles. The third-order valence-corrected chi connectivity index (χ3v) is 4.43. The normalized spacial score (nSPS) is 10.4. The maximum Gasteiger partial charge on any atom is 0.224 e. The summed E-state index contributed by atoms with van der Waals surface area (Å²) in [5.74, 6) is -0.0756. The van der Waals surface area contributed by atoms with Crippen LogP contribution in [-0.2, 0) is 17.8 Å². The van der Waals surface area contributed by atoms with Gasteiger partial charge in [-0.1, -0.05) is 53.5 Å². The summed E-state index contributed by atoms with van der Waals surface area (Å²) in [5, 5.41) is 7.18. The average molecular weight is 386 g/mol. The fraction of sp³-hybridized carbons (Fsp3) is 0.100. The molecule has 0 unspecified atom stereocenters. The fourth-order valence-electron chi connectivity index (χ4n) is 2.49. The number of anilines is 2. The van der Waals surface area contributed by atoms with E-state index in [0.717, 1.165) is 16.8 Å². The number of carbonyl (C=O) groups excluding carboxylic acids is 1. The molecule has 132 valence electrons. The van der Waals surface area contributed by atoms with Crippen LogP contribution in [0, 0.1) is 0 Å². The summed E-state index contributed by atoms with van der Waals surface area (Å²) < 4.78 is 0. The second kappa shape index (κ2) is 8.70. The number of hydrogen-bond acceptors (Lipinski definition) is 3. The summed E-state index contributed by atoms with van der Waals surface area (Å²) in [5.41, 5.74) is 3.22. The Kier molecular flexibility index (Phi) is 6.10. The van der Waals surface area contributed by atoms with Gasteiger partial charge in [-0.3, -0.25) is 9.78 Å². The lowest BCUT2D eigenvalue weighted by Crippen LogP contribution is -2.24. The van der Waals surface area contributed by atoms with E-state index in [2.05, 4.69) is 15.6 Å². The number of rotatable bonds is 6. The molecule has 3 aromatic rings. The molecule has 0 saturated heterocycles. The summed E-state index contributed by atoms with van der Waals surface area (Å²) in [7, 11) is 0. The molecule has 1 amide bonds. The molecule has 0 aliphatic heterocycles. The zero-order chi connectivity index (χ0) is 18.4. The van der Waals surface area contributed by atoms with E-state index in [-0.39, 0.29) is 12.3 Å². The minimum absolute atomic E-state index is 0.0756. The SMILES string of the molecule is O=C(Cc1ccccc1Nc1c(Cl)cccc1Cl)NCc1cccnc1. The van der Waals surface area contributed by atoms with E-state index in [1.807, 2.05) is 36.4 Å². The highest BCUT2D eigenvalue weighted by molar-refractivity contribution is 6.39. The van der Waals surface area contributed by atoms with Gasteiger partial charge in [0.2, 0.25) is 5.91 Å². The molecule has 0 fully saturated rings. The topological polar surface area (TPSA) is 54.0 Å². The average Bonchev–Trinajstić information content (AvgIpc) is 2.65. The van der Waals surface area contributed by atoms with Crippen molar-refractivity contribution in [2.45, 2.75) is 13.0 Å². The molecule has 0 spiro atoms. The second-order valence-corrected chi connectivity index (χ2v) is 6.51. The number of nitrogens with one attached hydrogen (secondary N) is 2. The van der Waals surface area contributed by atoms with Gasteiger partial charge in [-0.25, -0.2) is 0 Å². The molecule has 0 aliphatic rings. The van der Waals surface area contributed by atoms with Crippen molar-refractivity contribution in [3.8, 4) is 0 Å². The molecule has 2 N–H and O–H groups in total. The van der Waals surface area contributed by atoms with E-state index in [0.29, 0.717) is 22.3 Å². The van der Waals surface area contributed by atoms with Gasteiger partial charge in [-0.05, 0) is 35.4 Å². The lowest BCUT2D eigenvalue weighted by atomic mass is 10.1. The van der Waals surface area contributed by atoms with E-state index in [4.69, 9.17) is 23.2 Å². The smallest absolute Gasteiger partial charge is 0.224 e. The number of hydrogen-bond donors (Lipinski definition) is 2. The Morgan fingerprint density at radius 2 is 1.73 bits per heavy atom. The van der Waals surface area contributed by atoms with Gasteiger partial charge < -0.3 is 10.6 Å². The third kappa shape index (κ3) is 4.75. The molecular formula is C20H17Cl2N3O. The molecule has 4 nitrogen and oxygen atoms in total. The van der Waals surface area contributed by atoms with Crippen LogP contribution in [0.2, 0.25) is 10.0 Å². The van der Waals surface area contributed by atoms with Crippen molar-refractivity contribution in [2.75, 3.05) is 5.32 Å². The van der Waals surface area contributed by atoms with Crippen LogP contribution >= 0.6 is 23.2 Å². The summed E-state index contributed by atoms with van der Waals surface area (Å²) in [6, 6.07) is 16.6. The maximum absolute atomic E-state index is 12.3. The summed E-state index contributed by atoms with van der Waals surface area (Å²) in [4.78, 5) is 16.4. The predicted molar refractivity (Wildman–Crippen MR) is 106 cm³/mol. The van der Waals surface area contributed by atoms with Crippen molar-refractivity contribution in [3.63, 3.8) is 0 Å². The molecular weight excluding hydrogens is 369 g/mol. The quantitative estimate of drug-likeness (QED) is 0.628. The van der Waals surface area contributed by atoms with Crippen LogP contribution in [-0.4, -0.2) is 10.9 Å². The first-order valence-corrected chi connectivity index (χ1v) is 8.83. The highest BCUT2D eigenvalue weighted by atomic mass is 35.5. The van der Waals surface area contributed by atoms with Crippen molar-refractivity contribution in [2.24, 2.45) is 0 Å². The van der Waals surface area contributed by atoms with Crippen LogP contribution < -0.4 is 10.6 Å². The fourth-order valence-corrected chi connectivity index (χ4v) is 2.98.